The number of hydrogen-bond acceptors (Lipinski definition) is 6. The van der Waals surface area contributed by atoms with Crippen molar-refractivity contribution in [3.05, 3.63) is 59.7 Å². The maximum Gasteiger partial charge on any atom is 0.343 e. The molecule has 7 nitrogen and oxygen atoms in total. The number of esters is 1. The molecule has 0 bridgehead atoms. The topological polar surface area (TPSA) is 106 Å². The first-order valence-electron chi connectivity index (χ1n) is 8.44. The molecule has 0 aliphatic heterocycles. The van der Waals surface area contributed by atoms with Gasteiger partial charge in [0.15, 0.2) is 11.5 Å². The lowest BCUT2D eigenvalue weighted by Crippen LogP contribution is -2.09. The number of carbonyl (C=O) groups is 2. The van der Waals surface area contributed by atoms with Crippen LogP contribution < -0.4 is 14.2 Å². The Labute approximate surface area is 162 Å². The van der Waals surface area contributed by atoms with Gasteiger partial charge in [-0.3, -0.25) is 0 Å². The fourth-order valence-electron chi connectivity index (χ4n) is 2.23. The van der Waals surface area contributed by atoms with Crippen LogP contribution in [0.1, 0.15) is 28.8 Å². The molecule has 0 atom stereocenters. The van der Waals surface area contributed by atoms with Gasteiger partial charge in [0.2, 0.25) is 0 Å². The molecule has 0 unspecified atom stereocenters. The van der Waals surface area contributed by atoms with Crippen molar-refractivity contribution in [2.45, 2.75) is 12.8 Å². The molecule has 0 fully saturated rings. The van der Waals surface area contributed by atoms with Gasteiger partial charge in [0.25, 0.3) is 0 Å². The Kier molecular flexibility index (Phi) is 7.61. The Bertz CT molecular complexity index is 896. The molecule has 2 rings (SSSR count). The minimum atomic E-state index is -1.06. The Morgan fingerprint density at radius 2 is 1.89 bits per heavy atom. The zero-order valence-corrected chi connectivity index (χ0v) is 15.3. The second-order valence-corrected chi connectivity index (χ2v) is 5.61. The molecule has 7 heteroatoms. The summed E-state index contributed by atoms with van der Waals surface area (Å²) in [6.45, 7) is 0.428. The number of benzene rings is 2. The molecule has 0 radical (unpaired) electrons. The maximum absolute atomic E-state index is 12.3. The summed E-state index contributed by atoms with van der Waals surface area (Å²) < 4.78 is 16.1. The van der Waals surface area contributed by atoms with Gasteiger partial charge in [-0.05, 0) is 54.5 Å². The van der Waals surface area contributed by atoms with E-state index in [1.807, 2.05) is 6.07 Å². The van der Waals surface area contributed by atoms with Crippen LogP contribution in [0.3, 0.4) is 0 Å². The van der Waals surface area contributed by atoms with Crippen molar-refractivity contribution in [1.82, 2.24) is 0 Å². The Morgan fingerprint density at radius 1 is 1.14 bits per heavy atom. The van der Waals surface area contributed by atoms with Gasteiger partial charge >= 0.3 is 11.9 Å². The van der Waals surface area contributed by atoms with E-state index < -0.39 is 11.9 Å². The molecule has 0 aliphatic rings. The average molecular weight is 381 g/mol. The van der Waals surface area contributed by atoms with Gasteiger partial charge in [-0.25, -0.2) is 9.59 Å². The van der Waals surface area contributed by atoms with Gasteiger partial charge in [0.05, 0.1) is 25.3 Å². The number of carbonyl (C=O) groups excluding carboxylic acids is 1. The van der Waals surface area contributed by atoms with E-state index in [0.29, 0.717) is 42.1 Å². The largest absolute Gasteiger partial charge is 0.494 e. The van der Waals surface area contributed by atoms with Gasteiger partial charge in [0, 0.05) is 12.5 Å². The minimum Gasteiger partial charge on any atom is -0.494 e. The van der Waals surface area contributed by atoms with Crippen molar-refractivity contribution in [3.8, 4) is 23.3 Å². The van der Waals surface area contributed by atoms with E-state index in [1.165, 1.54) is 19.3 Å². The third kappa shape index (κ3) is 6.18. The summed E-state index contributed by atoms with van der Waals surface area (Å²) >= 11 is 0. The number of rotatable bonds is 9. The maximum atomic E-state index is 12.3. The summed E-state index contributed by atoms with van der Waals surface area (Å²) in [6.07, 6.45) is 3.48. The van der Waals surface area contributed by atoms with Crippen LogP contribution >= 0.6 is 0 Å². The summed E-state index contributed by atoms with van der Waals surface area (Å²) in [4.78, 5) is 22.9. The molecule has 0 aliphatic carbocycles. The number of ether oxygens (including phenoxy) is 3. The van der Waals surface area contributed by atoms with Gasteiger partial charge in [-0.2, -0.15) is 5.26 Å². The lowest BCUT2D eigenvalue weighted by atomic mass is 10.2. The molecule has 2 aromatic rings. The van der Waals surface area contributed by atoms with Gasteiger partial charge in [0.1, 0.15) is 5.75 Å². The highest BCUT2D eigenvalue weighted by atomic mass is 16.6. The fraction of sp³-hybridized carbons (Fsp3) is 0.190. The van der Waals surface area contributed by atoms with Crippen LogP contribution in [0.2, 0.25) is 0 Å². The Hall–Kier alpha value is -3.79. The average Bonchev–Trinajstić information content (AvgIpc) is 2.70. The van der Waals surface area contributed by atoms with Crippen molar-refractivity contribution in [1.29, 1.82) is 5.26 Å². The summed E-state index contributed by atoms with van der Waals surface area (Å²) in [5, 5.41) is 17.2. The molecule has 2 aromatic carbocycles. The van der Waals surface area contributed by atoms with Crippen LogP contribution in [0, 0.1) is 11.3 Å². The van der Waals surface area contributed by atoms with Gasteiger partial charge in [-0.1, -0.05) is 6.07 Å². The summed E-state index contributed by atoms with van der Waals surface area (Å²) in [7, 11) is 1.43. The number of carboxylic acid groups (broad SMARTS) is 1. The van der Waals surface area contributed by atoms with Crippen LogP contribution in [-0.2, 0) is 4.79 Å². The molecular weight excluding hydrogens is 362 g/mol. The number of unbranched alkanes of at least 4 members (excludes halogenated alkanes) is 1. The predicted octanol–water partition coefficient (Wildman–Crippen LogP) is 3.69. The number of aliphatic carboxylic acids is 1. The highest BCUT2D eigenvalue weighted by Crippen LogP contribution is 2.29. The molecule has 0 heterocycles. The molecule has 28 heavy (non-hydrogen) atoms. The molecule has 1 N–H and O–H groups in total. The van der Waals surface area contributed by atoms with E-state index in [1.54, 1.807) is 36.4 Å². The quantitative estimate of drug-likeness (QED) is 0.305. The van der Waals surface area contributed by atoms with Crippen molar-refractivity contribution < 1.29 is 28.9 Å². The monoisotopic (exact) mass is 381 g/mol. The lowest BCUT2D eigenvalue weighted by molar-refractivity contribution is -0.131. The number of methoxy groups -OCH3 is 1. The van der Waals surface area contributed by atoms with E-state index in [4.69, 9.17) is 24.6 Å². The second-order valence-electron chi connectivity index (χ2n) is 5.61. The number of carboxylic acids is 1. The minimum absolute atomic E-state index is 0.219. The standard InChI is InChI=1S/C21H19NO6/c1-26-19-14-15(5-11-20(23)24)4-10-18(19)28-21(25)16-6-8-17(9-7-16)27-13-3-2-12-22/h4-11,14H,2-3,13H2,1H3,(H,23,24)/b11-5+. The van der Waals surface area contributed by atoms with E-state index >= 15 is 0 Å². The summed E-state index contributed by atoms with van der Waals surface area (Å²) in [5.41, 5.74) is 0.929. The van der Waals surface area contributed by atoms with Crippen LogP contribution in [0.15, 0.2) is 48.5 Å². The molecular formula is C21H19NO6. The highest BCUT2D eigenvalue weighted by molar-refractivity contribution is 5.91. The van der Waals surface area contributed by atoms with E-state index in [0.717, 1.165) is 6.08 Å². The van der Waals surface area contributed by atoms with Crippen LogP contribution in [0.4, 0.5) is 0 Å². The SMILES string of the molecule is COc1cc(/C=C/C(=O)O)ccc1OC(=O)c1ccc(OCCCC#N)cc1. The molecule has 0 saturated carbocycles. The summed E-state index contributed by atoms with van der Waals surface area (Å²) in [5.74, 6) is -0.507. The zero-order chi connectivity index (χ0) is 20.4. The van der Waals surface area contributed by atoms with Crippen LogP contribution in [0.25, 0.3) is 6.08 Å². The van der Waals surface area contributed by atoms with Gasteiger partial charge in [-0.15, -0.1) is 0 Å². The number of hydrogen-bond donors (Lipinski definition) is 1. The smallest absolute Gasteiger partial charge is 0.343 e. The zero-order valence-electron chi connectivity index (χ0n) is 15.3. The van der Waals surface area contributed by atoms with E-state index in [9.17, 15) is 9.59 Å². The lowest BCUT2D eigenvalue weighted by Gasteiger charge is -2.10. The number of nitriles is 1. The van der Waals surface area contributed by atoms with E-state index in [2.05, 4.69) is 0 Å². The highest BCUT2D eigenvalue weighted by Gasteiger charge is 2.13. The second kappa shape index (κ2) is 10.4. The molecule has 0 amide bonds. The third-order valence-corrected chi connectivity index (χ3v) is 3.60. The number of nitrogens with zero attached hydrogens (tertiary/aromatic N) is 1. The van der Waals surface area contributed by atoms with E-state index in [-0.39, 0.29) is 5.75 Å². The van der Waals surface area contributed by atoms with Crippen LogP contribution in [-0.4, -0.2) is 30.8 Å². The fourth-order valence-corrected chi connectivity index (χ4v) is 2.23. The Balaban J connectivity index is 2.03. The molecule has 0 aromatic heterocycles. The Morgan fingerprint density at radius 3 is 2.54 bits per heavy atom. The van der Waals surface area contributed by atoms with Crippen molar-refractivity contribution >= 4 is 18.0 Å². The van der Waals surface area contributed by atoms with Crippen molar-refractivity contribution in [2.75, 3.05) is 13.7 Å². The first-order chi connectivity index (χ1) is 13.5. The summed E-state index contributed by atoms with van der Waals surface area (Å²) in [6, 6.07) is 13.2. The molecule has 0 saturated heterocycles. The molecule has 0 spiro atoms. The predicted molar refractivity (Wildman–Crippen MR) is 101 cm³/mol. The van der Waals surface area contributed by atoms with Gasteiger partial charge < -0.3 is 19.3 Å². The van der Waals surface area contributed by atoms with Crippen LogP contribution in [0.5, 0.6) is 17.2 Å². The third-order valence-electron chi connectivity index (χ3n) is 3.60. The normalized spacial score (nSPS) is 10.3. The molecule has 144 valence electrons. The van der Waals surface area contributed by atoms with Crippen molar-refractivity contribution in [3.63, 3.8) is 0 Å². The first-order valence-corrected chi connectivity index (χ1v) is 8.44. The first kappa shape index (κ1) is 20.5. The van der Waals surface area contributed by atoms with Crippen molar-refractivity contribution in [2.24, 2.45) is 0 Å².